The molecule has 0 aliphatic heterocycles. The zero-order chi connectivity index (χ0) is 3.41. The maximum absolute atomic E-state index is 2.92. The standard InChI is InChI=1S/C2H6IN/c1-4-2-3/h4H,2H2,1H3. The Morgan fingerprint density at radius 3 is 2.25 bits per heavy atom. The first-order chi connectivity index (χ1) is 1.91. The molecule has 0 amide bonds. The molecule has 1 nitrogen and oxygen atoms in total. The predicted molar refractivity (Wildman–Crippen MR) is 27.9 cm³/mol. The van der Waals surface area contributed by atoms with Gasteiger partial charge < -0.3 is 5.32 Å². The summed E-state index contributed by atoms with van der Waals surface area (Å²) in [6, 6.07) is 0. The minimum atomic E-state index is 1.04. The highest BCUT2D eigenvalue weighted by Gasteiger charge is 1.52. The van der Waals surface area contributed by atoms with Crippen molar-refractivity contribution in [2.75, 3.05) is 11.6 Å². The minimum absolute atomic E-state index is 1.04. The van der Waals surface area contributed by atoms with Crippen molar-refractivity contribution in [2.24, 2.45) is 0 Å². The Morgan fingerprint density at radius 2 is 2.25 bits per heavy atom. The van der Waals surface area contributed by atoms with Gasteiger partial charge in [0.25, 0.3) is 0 Å². The van der Waals surface area contributed by atoms with E-state index in [2.05, 4.69) is 27.9 Å². The number of rotatable bonds is 1. The van der Waals surface area contributed by atoms with Crippen molar-refractivity contribution >= 4 is 22.6 Å². The Balaban J connectivity index is 1.97. The molecule has 26 valence electrons. The normalized spacial score (nSPS) is 7.50. The zero-order valence-electron chi connectivity index (χ0n) is 2.59. The van der Waals surface area contributed by atoms with Gasteiger partial charge in [-0.25, -0.2) is 0 Å². The van der Waals surface area contributed by atoms with Crippen molar-refractivity contribution in [3.05, 3.63) is 0 Å². The lowest BCUT2D eigenvalue weighted by Crippen LogP contribution is -1.98. The van der Waals surface area contributed by atoms with E-state index in [-0.39, 0.29) is 0 Å². The number of alkyl halides is 1. The Bertz CT molecular complexity index is 8.00. The highest BCUT2D eigenvalue weighted by Crippen LogP contribution is 1.65. The second kappa shape index (κ2) is 3.69. The van der Waals surface area contributed by atoms with Crippen LogP contribution in [0.3, 0.4) is 0 Å². The third kappa shape index (κ3) is 2.69. The summed E-state index contributed by atoms with van der Waals surface area (Å²) < 4.78 is 1.04. The summed E-state index contributed by atoms with van der Waals surface area (Å²) in [5, 5.41) is 2.92. The van der Waals surface area contributed by atoms with Crippen LogP contribution in [0.1, 0.15) is 0 Å². The fourth-order valence-electron chi connectivity index (χ4n) is 0. The van der Waals surface area contributed by atoms with Gasteiger partial charge >= 0.3 is 0 Å². The van der Waals surface area contributed by atoms with Crippen molar-refractivity contribution < 1.29 is 0 Å². The fourth-order valence-corrected chi connectivity index (χ4v) is 0. The number of halogens is 1. The molecule has 0 spiro atoms. The van der Waals surface area contributed by atoms with E-state index < -0.39 is 0 Å². The van der Waals surface area contributed by atoms with E-state index in [1.54, 1.807) is 0 Å². The molecule has 0 unspecified atom stereocenters. The highest BCUT2D eigenvalue weighted by molar-refractivity contribution is 14.1. The molecule has 1 N–H and O–H groups in total. The van der Waals surface area contributed by atoms with Crippen LogP contribution in [0, 0.1) is 0 Å². The van der Waals surface area contributed by atoms with Crippen molar-refractivity contribution in [2.45, 2.75) is 0 Å². The molecule has 0 saturated carbocycles. The van der Waals surface area contributed by atoms with Crippen LogP contribution in [0.15, 0.2) is 0 Å². The Kier molecular flexibility index (Phi) is 4.33. The first-order valence-corrected chi connectivity index (χ1v) is 2.65. The van der Waals surface area contributed by atoms with Crippen molar-refractivity contribution in [3.8, 4) is 0 Å². The summed E-state index contributed by atoms with van der Waals surface area (Å²) in [4.78, 5) is 0. The van der Waals surface area contributed by atoms with E-state index in [0.29, 0.717) is 0 Å². The molecule has 0 aliphatic carbocycles. The van der Waals surface area contributed by atoms with Crippen LogP contribution in [0.2, 0.25) is 0 Å². The summed E-state index contributed by atoms with van der Waals surface area (Å²) in [5.41, 5.74) is 0. The van der Waals surface area contributed by atoms with Crippen molar-refractivity contribution in [1.82, 2.24) is 5.32 Å². The summed E-state index contributed by atoms with van der Waals surface area (Å²) in [6.07, 6.45) is 0. The van der Waals surface area contributed by atoms with Crippen LogP contribution in [0.5, 0.6) is 0 Å². The van der Waals surface area contributed by atoms with Gasteiger partial charge in [0, 0.05) is 4.55 Å². The Labute approximate surface area is 39.9 Å². The molecule has 4 heavy (non-hydrogen) atoms. The molecule has 0 rings (SSSR count). The highest BCUT2D eigenvalue weighted by atomic mass is 127. The van der Waals surface area contributed by atoms with Crippen LogP contribution in [-0.4, -0.2) is 11.6 Å². The van der Waals surface area contributed by atoms with Crippen LogP contribution in [0.25, 0.3) is 0 Å². The van der Waals surface area contributed by atoms with Crippen molar-refractivity contribution in [1.29, 1.82) is 0 Å². The number of hydrogen-bond acceptors (Lipinski definition) is 1. The van der Waals surface area contributed by atoms with Gasteiger partial charge in [-0.15, -0.1) is 0 Å². The van der Waals surface area contributed by atoms with Gasteiger partial charge in [0.15, 0.2) is 0 Å². The molecule has 0 heterocycles. The average Bonchev–Trinajstić information content (AvgIpc) is 1.37. The van der Waals surface area contributed by atoms with Crippen LogP contribution >= 0.6 is 22.6 Å². The van der Waals surface area contributed by atoms with E-state index in [1.165, 1.54) is 0 Å². The van der Waals surface area contributed by atoms with E-state index in [4.69, 9.17) is 0 Å². The monoisotopic (exact) mass is 171 g/mol. The maximum Gasteiger partial charge on any atom is 0.0477 e. The summed E-state index contributed by atoms with van der Waals surface area (Å²) >= 11 is 2.24. The van der Waals surface area contributed by atoms with E-state index >= 15 is 0 Å². The van der Waals surface area contributed by atoms with Gasteiger partial charge in [0.05, 0.1) is 0 Å². The van der Waals surface area contributed by atoms with Crippen LogP contribution in [-0.2, 0) is 0 Å². The molecular formula is C2H6IN. The second-order valence-electron chi connectivity index (χ2n) is 0.487. The summed E-state index contributed by atoms with van der Waals surface area (Å²) in [6.45, 7) is 0. The van der Waals surface area contributed by atoms with Gasteiger partial charge in [-0.3, -0.25) is 0 Å². The Hall–Kier alpha value is 0.690. The molecule has 0 aromatic heterocycles. The third-order valence-electron chi connectivity index (χ3n) is 0.134. The van der Waals surface area contributed by atoms with Gasteiger partial charge in [-0.1, -0.05) is 22.6 Å². The fraction of sp³-hybridized carbons (Fsp3) is 1.00. The maximum atomic E-state index is 2.92. The first kappa shape index (κ1) is 4.69. The average molecular weight is 171 g/mol. The molecule has 0 aromatic rings. The quantitative estimate of drug-likeness (QED) is 0.346. The molecular weight excluding hydrogens is 165 g/mol. The lowest BCUT2D eigenvalue weighted by Gasteiger charge is -1.74. The van der Waals surface area contributed by atoms with Gasteiger partial charge in [-0.2, -0.15) is 0 Å². The summed E-state index contributed by atoms with van der Waals surface area (Å²) in [7, 11) is 1.92. The van der Waals surface area contributed by atoms with E-state index in [0.717, 1.165) is 4.55 Å². The number of nitrogens with one attached hydrogen (secondary N) is 1. The van der Waals surface area contributed by atoms with E-state index in [9.17, 15) is 0 Å². The number of hydrogen-bond donors (Lipinski definition) is 1. The summed E-state index contributed by atoms with van der Waals surface area (Å²) in [5.74, 6) is 0. The molecule has 0 aliphatic rings. The van der Waals surface area contributed by atoms with Gasteiger partial charge in [0.2, 0.25) is 0 Å². The molecule has 0 saturated heterocycles. The first-order valence-electron chi connectivity index (χ1n) is 1.12. The SMILES string of the molecule is CNCI. The molecule has 0 atom stereocenters. The van der Waals surface area contributed by atoms with Gasteiger partial charge in [-0.05, 0) is 7.05 Å². The lowest BCUT2D eigenvalue weighted by molar-refractivity contribution is 1.00. The third-order valence-corrected chi connectivity index (χ3v) is 0.896. The van der Waals surface area contributed by atoms with Crippen LogP contribution in [0.4, 0.5) is 0 Å². The predicted octanol–water partition coefficient (Wildman–Crippen LogP) is 0.598. The topological polar surface area (TPSA) is 12.0 Å². The largest absolute Gasteiger partial charge is 0.311 e. The van der Waals surface area contributed by atoms with Crippen LogP contribution < -0.4 is 5.32 Å². The van der Waals surface area contributed by atoms with Crippen molar-refractivity contribution in [3.63, 3.8) is 0 Å². The molecule has 0 fully saturated rings. The zero-order valence-corrected chi connectivity index (χ0v) is 4.74. The second-order valence-corrected chi connectivity index (χ2v) is 1.25. The molecule has 2 heteroatoms. The lowest BCUT2D eigenvalue weighted by atomic mass is 11.3. The molecule has 0 radical (unpaired) electrons. The van der Waals surface area contributed by atoms with Gasteiger partial charge in [0.1, 0.15) is 0 Å². The minimum Gasteiger partial charge on any atom is -0.311 e. The molecule has 0 aromatic carbocycles. The smallest absolute Gasteiger partial charge is 0.0477 e. The molecule has 0 bridgehead atoms. The Morgan fingerprint density at radius 1 is 2.00 bits per heavy atom. The van der Waals surface area contributed by atoms with E-state index in [1.807, 2.05) is 7.05 Å².